The van der Waals surface area contributed by atoms with Crippen LogP contribution in [0.15, 0.2) is 47.2 Å². The first-order valence-electron chi connectivity index (χ1n) is 11.6. The lowest BCUT2D eigenvalue weighted by molar-refractivity contribution is -0.139. The number of rotatable bonds is 5. The number of likely N-dealkylation sites (tertiary alicyclic amines) is 1. The number of hydrogen-bond donors (Lipinski definition) is 0. The quantitative estimate of drug-likeness (QED) is 0.525. The zero-order valence-electron chi connectivity index (χ0n) is 18.9. The third-order valence-corrected chi connectivity index (χ3v) is 8.29. The first kappa shape index (κ1) is 23.1. The maximum absolute atomic E-state index is 13.4. The number of thiazole rings is 1. The Bertz CT molecular complexity index is 1120. The summed E-state index contributed by atoms with van der Waals surface area (Å²) < 4.78 is 13.2. The second-order valence-electron chi connectivity index (χ2n) is 8.74. The molecular weight excluding hydrogens is 471 g/mol. The fourth-order valence-electron chi connectivity index (χ4n) is 4.64. The van der Waals surface area contributed by atoms with Crippen molar-refractivity contribution in [3.63, 3.8) is 0 Å². The van der Waals surface area contributed by atoms with Crippen molar-refractivity contribution in [2.75, 3.05) is 32.7 Å². The number of aromatic nitrogens is 1. The molecule has 0 unspecified atom stereocenters. The van der Waals surface area contributed by atoms with Gasteiger partial charge in [0.1, 0.15) is 16.9 Å². The molecule has 0 bridgehead atoms. The summed E-state index contributed by atoms with van der Waals surface area (Å²) in [5, 5.41) is 4.83. The zero-order valence-corrected chi connectivity index (χ0v) is 20.5. The van der Waals surface area contributed by atoms with Gasteiger partial charge in [-0.15, -0.1) is 22.7 Å². The molecule has 0 radical (unpaired) electrons. The van der Waals surface area contributed by atoms with E-state index in [-0.39, 0.29) is 23.7 Å². The summed E-state index contributed by atoms with van der Waals surface area (Å²) in [4.78, 5) is 37.8. The van der Waals surface area contributed by atoms with Crippen LogP contribution >= 0.6 is 22.7 Å². The van der Waals surface area contributed by atoms with Gasteiger partial charge >= 0.3 is 0 Å². The molecule has 2 amide bonds. The normalized spacial score (nSPS) is 19.4. The van der Waals surface area contributed by atoms with E-state index in [1.807, 2.05) is 27.8 Å². The smallest absolute Gasteiger partial charge is 0.264 e. The maximum Gasteiger partial charge on any atom is 0.264 e. The van der Waals surface area contributed by atoms with Gasteiger partial charge in [-0.1, -0.05) is 6.07 Å². The van der Waals surface area contributed by atoms with Crippen LogP contribution in [0.25, 0.3) is 10.6 Å². The van der Waals surface area contributed by atoms with Crippen LogP contribution in [0.5, 0.6) is 0 Å². The van der Waals surface area contributed by atoms with Crippen LogP contribution < -0.4 is 0 Å². The predicted molar refractivity (Wildman–Crippen MR) is 132 cm³/mol. The van der Waals surface area contributed by atoms with Gasteiger partial charge in [-0.25, -0.2) is 9.37 Å². The first-order chi connectivity index (χ1) is 16.6. The van der Waals surface area contributed by atoms with Gasteiger partial charge in [0.05, 0.1) is 10.6 Å². The van der Waals surface area contributed by atoms with E-state index >= 15 is 0 Å². The minimum absolute atomic E-state index is 0.0211. The highest BCUT2D eigenvalue weighted by atomic mass is 32.1. The lowest BCUT2D eigenvalue weighted by Crippen LogP contribution is -2.57. The number of nitrogens with zero attached hydrogens (tertiary/aromatic N) is 4. The molecule has 0 N–H and O–H groups in total. The topological polar surface area (TPSA) is 56.8 Å². The lowest BCUT2D eigenvalue weighted by Gasteiger charge is -2.40. The average Bonchev–Trinajstić information content (AvgIpc) is 3.57. The third kappa shape index (κ3) is 5.06. The van der Waals surface area contributed by atoms with E-state index in [1.54, 1.807) is 28.4 Å². The number of amides is 2. The molecule has 2 fully saturated rings. The summed E-state index contributed by atoms with van der Waals surface area (Å²) in [7, 11) is 0. The van der Waals surface area contributed by atoms with Gasteiger partial charge in [-0.2, -0.15) is 0 Å². The number of carbonyl (C=O) groups is 2. The molecular formula is C25H27FN4O2S2. The Hall–Kier alpha value is -2.62. The molecule has 2 aliphatic heterocycles. The molecule has 0 aliphatic carbocycles. The highest BCUT2D eigenvalue weighted by molar-refractivity contribution is 7.13. The number of carbonyl (C=O) groups excluding carboxylic acids is 2. The molecule has 1 atom stereocenters. The third-order valence-electron chi connectivity index (χ3n) is 6.49. The SMILES string of the molecule is O=C([C@@H]1CCCCN1C(=O)c1cccs1)N1CCN(Cc2csc(-c3ccc(F)cc3)n2)CC1. The Balaban J connectivity index is 1.17. The van der Waals surface area contributed by atoms with Gasteiger partial charge in [-0.05, 0) is 55.0 Å². The Labute approximate surface area is 206 Å². The standard InChI is InChI=1S/C25H27FN4O2S2/c26-19-8-6-18(7-9-19)23-27-20(17-34-23)16-28-11-13-29(14-12-28)24(31)21-4-1-2-10-30(21)25(32)22-5-3-15-33-22/h3,5-9,15,17,21H,1-2,4,10-14,16H2/t21-/m0/s1. The Morgan fingerprint density at radius 2 is 1.79 bits per heavy atom. The van der Waals surface area contributed by atoms with Crippen molar-refractivity contribution < 1.29 is 14.0 Å². The molecule has 6 nitrogen and oxygen atoms in total. The number of thiophene rings is 1. The highest BCUT2D eigenvalue weighted by Gasteiger charge is 2.36. The van der Waals surface area contributed by atoms with Crippen LogP contribution in [0.3, 0.4) is 0 Å². The summed E-state index contributed by atoms with van der Waals surface area (Å²) in [6.45, 7) is 4.25. The second-order valence-corrected chi connectivity index (χ2v) is 10.5. The van der Waals surface area contributed by atoms with Crippen molar-refractivity contribution in [2.24, 2.45) is 0 Å². The number of piperazine rings is 1. The van der Waals surface area contributed by atoms with Crippen molar-refractivity contribution in [2.45, 2.75) is 31.8 Å². The van der Waals surface area contributed by atoms with Gasteiger partial charge in [0.15, 0.2) is 0 Å². The summed E-state index contributed by atoms with van der Waals surface area (Å²) in [6, 6.07) is 9.76. The second kappa shape index (κ2) is 10.3. The molecule has 2 aromatic heterocycles. The predicted octanol–water partition coefficient (Wildman–Crippen LogP) is 4.35. The monoisotopic (exact) mass is 498 g/mol. The Kier molecular flexibility index (Phi) is 7.03. The highest BCUT2D eigenvalue weighted by Crippen LogP contribution is 2.26. The van der Waals surface area contributed by atoms with Gasteiger partial charge in [-0.3, -0.25) is 14.5 Å². The molecule has 4 heterocycles. The fourth-order valence-corrected chi connectivity index (χ4v) is 6.14. The van der Waals surface area contributed by atoms with Crippen molar-refractivity contribution in [3.05, 3.63) is 63.5 Å². The molecule has 178 valence electrons. The number of hydrogen-bond acceptors (Lipinski definition) is 6. The van der Waals surface area contributed by atoms with E-state index < -0.39 is 0 Å². The summed E-state index contributed by atoms with van der Waals surface area (Å²) in [5.74, 6) is -0.191. The van der Waals surface area contributed by atoms with E-state index in [4.69, 9.17) is 4.98 Å². The van der Waals surface area contributed by atoms with Crippen LogP contribution in [0.1, 0.15) is 34.6 Å². The minimum atomic E-state index is -0.355. The summed E-state index contributed by atoms with van der Waals surface area (Å²) in [6.07, 6.45) is 2.66. The molecule has 5 rings (SSSR count). The maximum atomic E-state index is 13.4. The molecule has 0 spiro atoms. The van der Waals surface area contributed by atoms with Crippen LogP contribution in [0.2, 0.25) is 0 Å². The number of halogens is 1. The average molecular weight is 499 g/mol. The fraction of sp³-hybridized carbons (Fsp3) is 0.400. The van der Waals surface area contributed by atoms with Crippen LogP contribution in [-0.2, 0) is 11.3 Å². The zero-order chi connectivity index (χ0) is 23.5. The van der Waals surface area contributed by atoms with Crippen LogP contribution in [0, 0.1) is 5.82 Å². The largest absolute Gasteiger partial charge is 0.338 e. The lowest BCUT2D eigenvalue weighted by atomic mass is 10.00. The van der Waals surface area contributed by atoms with Gasteiger partial charge < -0.3 is 9.80 Å². The van der Waals surface area contributed by atoms with Crippen LogP contribution in [-0.4, -0.2) is 70.3 Å². The van der Waals surface area contributed by atoms with E-state index in [2.05, 4.69) is 4.90 Å². The van der Waals surface area contributed by atoms with Crippen molar-refractivity contribution in [1.29, 1.82) is 0 Å². The first-order valence-corrected chi connectivity index (χ1v) is 13.4. The van der Waals surface area contributed by atoms with Crippen LogP contribution in [0.4, 0.5) is 4.39 Å². The van der Waals surface area contributed by atoms with E-state index in [1.165, 1.54) is 23.5 Å². The molecule has 0 saturated carbocycles. The molecule has 2 aliphatic rings. The van der Waals surface area contributed by atoms with Crippen molar-refractivity contribution >= 4 is 34.5 Å². The van der Waals surface area contributed by atoms with E-state index in [0.717, 1.165) is 55.2 Å². The Morgan fingerprint density at radius 3 is 2.53 bits per heavy atom. The number of benzene rings is 1. The molecule has 34 heavy (non-hydrogen) atoms. The van der Waals surface area contributed by atoms with Gasteiger partial charge in [0.25, 0.3) is 5.91 Å². The van der Waals surface area contributed by atoms with Gasteiger partial charge in [0.2, 0.25) is 5.91 Å². The molecule has 2 saturated heterocycles. The Morgan fingerprint density at radius 1 is 1.00 bits per heavy atom. The summed E-state index contributed by atoms with van der Waals surface area (Å²) >= 11 is 2.99. The van der Waals surface area contributed by atoms with Crippen molar-refractivity contribution in [3.8, 4) is 10.6 Å². The summed E-state index contributed by atoms with van der Waals surface area (Å²) in [5.41, 5.74) is 1.91. The van der Waals surface area contributed by atoms with E-state index in [0.29, 0.717) is 24.5 Å². The minimum Gasteiger partial charge on any atom is -0.338 e. The van der Waals surface area contributed by atoms with Crippen molar-refractivity contribution in [1.82, 2.24) is 19.7 Å². The van der Waals surface area contributed by atoms with Gasteiger partial charge in [0, 0.05) is 50.2 Å². The van der Waals surface area contributed by atoms with E-state index in [9.17, 15) is 14.0 Å². The number of piperidine rings is 1. The molecule has 1 aromatic carbocycles. The molecule has 9 heteroatoms. The molecule has 3 aromatic rings.